The number of fused-ring (bicyclic) bond motifs is 1. The molecular weight excluding hydrogens is 234 g/mol. The topological polar surface area (TPSA) is 29.1 Å². The lowest BCUT2D eigenvalue weighted by Gasteiger charge is -2.16. The quantitative estimate of drug-likeness (QED) is 0.818. The summed E-state index contributed by atoms with van der Waals surface area (Å²) in [5.74, 6) is 0.0735. The highest BCUT2D eigenvalue weighted by atomic mass is 16.2. The average molecular weight is 251 g/mol. The summed E-state index contributed by atoms with van der Waals surface area (Å²) >= 11 is 0. The Morgan fingerprint density at radius 3 is 2.53 bits per heavy atom. The average Bonchev–Trinajstić information content (AvgIpc) is 2.61. The van der Waals surface area contributed by atoms with E-state index in [4.69, 9.17) is 0 Å². The number of amides is 1. The minimum atomic E-state index is -0.450. The molecule has 2 aromatic rings. The summed E-state index contributed by atoms with van der Waals surface area (Å²) in [7, 11) is 0. The Kier molecular flexibility index (Phi) is 2.49. The molecule has 0 aliphatic carbocycles. The van der Waals surface area contributed by atoms with Gasteiger partial charge in [0.2, 0.25) is 5.91 Å². The van der Waals surface area contributed by atoms with Crippen molar-refractivity contribution in [3.05, 3.63) is 53.6 Å². The molecule has 0 aromatic heterocycles. The second-order valence-corrected chi connectivity index (χ2v) is 5.65. The van der Waals surface area contributed by atoms with Crippen LogP contribution < -0.4 is 5.32 Å². The van der Waals surface area contributed by atoms with Crippen LogP contribution in [0, 0.1) is 6.92 Å². The summed E-state index contributed by atoms with van der Waals surface area (Å²) in [5.41, 5.74) is 5.21. The number of rotatable bonds is 1. The molecule has 0 spiro atoms. The third-order valence-corrected chi connectivity index (χ3v) is 3.96. The molecule has 0 radical (unpaired) electrons. The van der Waals surface area contributed by atoms with Crippen molar-refractivity contribution in [2.75, 3.05) is 5.32 Å². The summed E-state index contributed by atoms with van der Waals surface area (Å²) < 4.78 is 0. The van der Waals surface area contributed by atoms with E-state index in [1.807, 2.05) is 32.0 Å². The molecule has 0 saturated heterocycles. The largest absolute Gasteiger partial charge is 0.325 e. The predicted molar refractivity (Wildman–Crippen MR) is 78.3 cm³/mol. The molecule has 1 aliphatic heterocycles. The number of anilines is 1. The Balaban J connectivity index is 2.16. The number of benzene rings is 2. The Morgan fingerprint density at radius 2 is 1.79 bits per heavy atom. The van der Waals surface area contributed by atoms with Crippen LogP contribution in [0.3, 0.4) is 0 Å². The fourth-order valence-corrected chi connectivity index (χ4v) is 2.64. The first-order valence-electron chi connectivity index (χ1n) is 6.52. The van der Waals surface area contributed by atoms with E-state index in [9.17, 15) is 4.79 Å². The fourth-order valence-electron chi connectivity index (χ4n) is 2.64. The molecule has 1 heterocycles. The second kappa shape index (κ2) is 3.95. The molecule has 2 heteroatoms. The van der Waals surface area contributed by atoms with Crippen LogP contribution in [0.4, 0.5) is 5.69 Å². The van der Waals surface area contributed by atoms with Gasteiger partial charge in [0.05, 0.1) is 5.41 Å². The summed E-state index contributed by atoms with van der Waals surface area (Å²) in [6.45, 7) is 6.04. The van der Waals surface area contributed by atoms with Gasteiger partial charge in [0.25, 0.3) is 0 Å². The van der Waals surface area contributed by atoms with Gasteiger partial charge in [-0.2, -0.15) is 0 Å². The lowest BCUT2D eigenvalue weighted by atomic mass is 9.84. The molecular formula is C17H17NO. The van der Waals surface area contributed by atoms with Crippen LogP contribution in [0.2, 0.25) is 0 Å². The molecule has 96 valence electrons. The minimum absolute atomic E-state index is 0.0735. The highest BCUT2D eigenvalue weighted by Gasteiger charge is 2.38. The smallest absolute Gasteiger partial charge is 0.234 e. The number of nitrogens with one attached hydrogen (secondary N) is 1. The molecule has 3 rings (SSSR count). The van der Waals surface area contributed by atoms with Crippen LogP contribution in [0.15, 0.2) is 42.5 Å². The molecule has 0 saturated carbocycles. The van der Waals surface area contributed by atoms with Gasteiger partial charge >= 0.3 is 0 Å². The van der Waals surface area contributed by atoms with Crippen molar-refractivity contribution in [1.82, 2.24) is 0 Å². The van der Waals surface area contributed by atoms with Gasteiger partial charge in [-0.3, -0.25) is 4.79 Å². The number of aryl methyl sites for hydroxylation is 1. The van der Waals surface area contributed by atoms with E-state index in [0.29, 0.717) is 0 Å². The summed E-state index contributed by atoms with van der Waals surface area (Å²) in [6.07, 6.45) is 0. The predicted octanol–water partition coefficient (Wildman–Crippen LogP) is 3.89. The van der Waals surface area contributed by atoms with E-state index < -0.39 is 5.41 Å². The van der Waals surface area contributed by atoms with Crippen molar-refractivity contribution in [3.8, 4) is 11.1 Å². The molecule has 0 bridgehead atoms. The van der Waals surface area contributed by atoms with Gasteiger partial charge in [-0.15, -0.1) is 0 Å². The van der Waals surface area contributed by atoms with E-state index in [-0.39, 0.29) is 5.91 Å². The van der Waals surface area contributed by atoms with Gasteiger partial charge in [-0.25, -0.2) is 0 Å². The first-order chi connectivity index (χ1) is 9.00. The number of carbonyl (C=O) groups is 1. The summed E-state index contributed by atoms with van der Waals surface area (Å²) in [4.78, 5) is 12.0. The highest BCUT2D eigenvalue weighted by molar-refractivity contribution is 6.06. The zero-order valence-corrected chi connectivity index (χ0v) is 11.4. The van der Waals surface area contributed by atoms with Crippen LogP contribution in [0.1, 0.15) is 25.0 Å². The van der Waals surface area contributed by atoms with Gasteiger partial charge in [0.1, 0.15) is 0 Å². The van der Waals surface area contributed by atoms with E-state index in [1.165, 1.54) is 16.7 Å². The molecule has 0 unspecified atom stereocenters. The maximum Gasteiger partial charge on any atom is 0.234 e. The fraction of sp³-hybridized carbons (Fsp3) is 0.235. The third kappa shape index (κ3) is 1.75. The van der Waals surface area contributed by atoms with Crippen LogP contribution in [-0.4, -0.2) is 5.91 Å². The van der Waals surface area contributed by atoms with Crippen LogP contribution in [0.5, 0.6) is 0 Å². The third-order valence-electron chi connectivity index (χ3n) is 3.96. The van der Waals surface area contributed by atoms with Crippen molar-refractivity contribution in [1.29, 1.82) is 0 Å². The van der Waals surface area contributed by atoms with E-state index in [2.05, 4.69) is 36.5 Å². The van der Waals surface area contributed by atoms with Gasteiger partial charge < -0.3 is 5.32 Å². The van der Waals surface area contributed by atoms with Crippen molar-refractivity contribution in [3.63, 3.8) is 0 Å². The lowest BCUT2D eigenvalue weighted by Crippen LogP contribution is -2.26. The minimum Gasteiger partial charge on any atom is -0.325 e. The molecule has 0 fully saturated rings. The highest BCUT2D eigenvalue weighted by Crippen LogP contribution is 2.39. The molecule has 2 nitrogen and oxygen atoms in total. The molecule has 19 heavy (non-hydrogen) atoms. The van der Waals surface area contributed by atoms with Crippen LogP contribution in [-0.2, 0) is 10.2 Å². The standard InChI is InChI=1S/C17H17NO/c1-11-6-4-5-7-13(11)12-8-9-15-14(10-12)17(2,3)16(19)18-15/h4-10H,1-3H3,(H,18,19). The zero-order chi connectivity index (χ0) is 13.6. The zero-order valence-electron chi connectivity index (χ0n) is 11.4. The van der Waals surface area contributed by atoms with Gasteiger partial charge in [0.15, 0.2) is 0 Å². The molecule has 0 atom stereocenters. The SMILES string of the molecule is Cc1ccccc1-c1ccc2c(c1)C(C)(C)C(=O)N2. The molecule has 2 aromatic carbocycles. The van der Waals surface area contributed by atoms with Crippen molar-refractivity contribution in [2.45, 2.75) is 26.2 Å². The first kappa shape index (κ1) is 12.0. The number of hydrogen-bond acceptors (Lipinski definition) is 1. The number of carbonyl (C=O) groups excluding carboxylic acids is 1. The van der Waals surface area contributed by atoms with E-state index in [1.54, 1.807) is 0 Å². The van der Waals surface area contributed by atoms with Crippen molar-refractivity contribution in [2.24, 2.45) is 0 Å². The van der Waals surface area contributed by atoms with Crippen LogP contribution in [0.25, 0.3) is 11.1 Å². The van der Waals surface area contributed by atoms with Crippen molar-refractivity contribution >= 4 is 11.6 Å². The Labute approximate surface area is 113 Å². The Bertz CT molecular complexity index is 671. The Morgan fingerprint density at radius 1 is 1.05 bits per heavy atom. The summed E-state index contributed by atoms with van der Waals surface area (Å²) in [6, 6.07) is 14.5. The van der Waals surface area contributed by atoms with E-state index in [0.717, 1.165) is 11.3 Å². The van der Waals surface area contributed by atoms with E-state index >= 15 is 0 Å². The lowest BCUT2D eigenvalue weighted by molar-refractivity contribution is -0.119. The van der Waals surface area contributed by atoms with Crippen LogP contribution >= 0.6 is 0 Å². The van der Waals surface area contributed by atoms with Gasteiger partial charge in [0, 0.05) is 5.69 Å². The second-order valence-electron chi connectivity index (χ2n) is 5.65. The van der Waals surface area contributed by atoms with Gasteiger partial charge in [-0.1, -0.05) is 30.3 Å². The van der Waals surface area contributed by atoms with Crippen molar-refractivity contribution < 1.29 is 4.79 Å². The maximum atomic E-state index is 12.0. The maximum absolute atomic E-state index is 12.0. The molecule has 1 N–H and O–H groups in total. The number of hydrogen-bond donors (Lipinski definition) is 1. The van der Waals surface area contributed by atoms with Gasteiger partial charge in [-0.05, 0) is 55.2 Å². The first-order valence-corrected chi connectivity index (χ1v) is 6.52. The summed E-state index contributed by atoms with van der Waals surface area (Å²) in [5, 5.41) is 2.94. The monoisotopic (exact) mass is 251 g/mol. The normalized spacial score (nSPS) is 16.1. The Hall–Kier alpha value is -2.09. The molecule has 1 aliphatic rings. The molecule has 1 amide bonds.